The van der Waals surface area contributed by atoms with Crippen LogP contribution in [-0.2, 0) is 4.79 Å². The third kappa shape index (κ3) is 3.84. The molecule has 28 heavy (non-hydrogen) atoms. The van der Waals surface area contributed by atoms with E-state index < -0.39 is 0 Å². The first-order valence-electron chi connectivity index (χ1n) is 9.38. The summed E-state index contributed by atoms with van der Waals surface area (Å²) >= 11 is 1.65. The van der Waals surface area contributed by atoms with Gasteiger partial charge < -0.3 is 4.90 Å². The molecule has 4 rings (SSSR count). The Labute approximate surface area is 167 Å². The maximum Gasteiger partial charge on any atom is 0.269 e. The number of para-hydroxylation sites is 1. The Morgan fingerprint density at radius 3 is 2.71 bits per heavy atom. The molecule has 1 unspecified atom stereocenters. The van der Waals surface area contributed by atoms with E-state index in [0.29, 0.717) is 12.1 Å². The number of thiazole rings is 1. The molecule has 0 aliphatic carbocycles. The van der Waals surface area contributed by atoms with Crippen LogP contribution in [0.2, 0.25) is 0 Å². The van der Waals surface area contributed by atoms with Gasteiger partial charge in [0, 0.05) is 18.7 Å². The summed E-state index contributed by atoms with van der Waals surface area (Å²) in [5, 5.41) is 0.947. The summed E-state index contributed by atoms with van der Waals surface area (Å²) in [6.45, 7) is 3.36. The zero-order chi connectivity index (χ0) is 19.5. The number of amides is 2. The van der Waals surface area contributed by atoms with E-state index in [1.165, 1.54) is 0 Å². The number of aryl methyl sites for hydroxylation is 1. The van der Waals surface area contributed by atoms with Crippen molar-refractivity contribution >= 4 is 38.5 Å². The van der Waals surface area contributed by atoms with Crippen LogP contribution >= 0.6 is 11.3 Å². The molecular weight excluding hydrogens is 372 g/mol. The van der Waals surface area contributed by atoms with Crippen LogP contribution in [0.3, 0.4) is 0 Å². The molecule has 1 saturated heterocycles. The van der Waals surface area contributed by atoms with Crippen LogP contribution in [0.5, 0.6) is 0 Å². The molecule has 1 fully saturated rings. The van der Waals surface area contributed by atoms with Crippen LogP contribution in [0.1, 0.15) is 28.8 Å². The normalized spacial score (nSPS) is 16.8. The Balaban J connectivity index is 1.38. The fourth-order valence-electron chi connectivity index (χ4n) is 3.48. The number of hydrogen-bond donors (Lipinski definition) is 2. The molecule has 0 saturated carbocycles. The Bertz CT molecular complexity index is 983. The summed E-state index contributed by atoms with van der Waals surface area (Å²) in [5.41, 5.74) is 7.55. The van der Waals surface area contributed by atoms with Gasteiger partial charge in [-0.15, -0.1) is 0 Å². The average Bonchev–Trinajstić information content (AvgIpc) is 3.16. The van der Waals surface area contributed by atoms with Crippen LogP contribution in [0, 0.1) is 12.8 Å². The second-order valence-corrected chi connectivity index (χ2v) is 8.02. The van der Waals surface area contributed by atoms with Gasteiger partial charge in [-0.3, -0.25) is 20.4 Å². The van der Waals surface area contributed by atoms with Gasteiger partial charge in [0.05, 0.1) is 16.1 Å². The smallest absolute Gasteiger partial charge is 0.269 e. The van der Waals surface area contributed by atoms with E-state index in [0.717, 1.165) is 40.3 Å². The molecule has 1 aliphatic rings. The molecule has 1 aromatic heterocycles. The van der Waals surface area contributed by atoms with Crippen molar-refractivity contribution in [3.63, 3.8) is 0 Å². The maximum atomic E-state index is 12.6. The molecule has 0 spiro atoms. The first-order valence-corrected chi connectivity index (χ1v) is 10.2. The SMILES string of the molecule is Cc1ccccc1C(=O)NNC(=O)C1CCCN(c2nc3ccccc3s2)C1. The number of benzene rings is 2. The molecule has 2 amide bonds. The van der Waals surface area contributed by atoms with Gasteiger partial charge in [-0.05, 0) is 43.5 Å². The van der Waals surface area contributed by atoms with Crippen LogP contribution < -0.4 is 15.8 Å². The van der Waals surface area contributed by atoms with E-state index in [4.69, 9.17) is 4.98 Å². The van der Waals surface area contributed by atoms with Crippen LogP contribution in [0.25, 0.3) is 10.2 Å². The highest BCUT2D eigenvalue weighted by atomic mass is 32.1. The number of nitrogens with zero attached hydrogens (tertiary/aromatic N) is 2. The number of piperidine rings is 1. The molecule has 7 heteroatoms. The fourth-order valence-corrected chi connectivity index (χ4v) is 4.48. The minimum Gasteiger partial charge on any atom is -0.347 e. The minimum atomic E-state index is -0.301. The number of carbonyl (C=O) groups is 2. The highest BCUT2D eigenvalue weighted by Crippen LogP contribution is 2.31. The van der Waals surface area contributed by atoms with Gasteiger partial charge in [0.25, 0.3) is 5.91 Å². The van der Waals surface area contributed by atoms with E-state index >= 15 is 0 Å². The number of hydrogen-bond acceptors (Lipinski definition) is 5. The number of anilines is 1. The van der Waals surface area contributed by atoms with E-state index in [2.05, 4.69) is 21.8 Å². The largest absolute Gasteiger partial charge is 0.347 e. The number of rotatable bonds is 3. The monoisotopic (exact) mass is 394 g/mol. The minimum absolute atomic E-state index is 0.159. The van der Waals surface area contributed by atoms with Crippen molar-refractivity contribution in [1.29, 1.82) is 0 Å². The molecule has 1 atom stereocenters. The standard InChI is InChI=1S/C21H22N4O2S/c1-14-7-2-3-9-16(14)20(27)24-23-19(26)15-8-6-12-25(13-15)21-22-17-10-4-5-11-18(17)28-21/h2-5,7,9-11,15H,6,8,12-13H2,1H3,(H,23,26)(H,24,27). The second-order valence-electron chi connectivity index (χ2n) is 7.01. The lowest BCUT2D eigenvalue weighted by atomic mass is 9.98. The first kappa shape index (κ1) is 18.4. The molecule has 2 N–H and O–H groups in total. The van der Waals surface area contributed by atoms with Gasteiger partial charge in [0.1, 0.15) is 0 Å². The molecule has 0 bridgehead atoms. The Kier molecular flexibility index (Phi) is 5.25. The highest BCUT2D eigenvalue weighted by Gasteiger charge is 2.27. The first-order chi connectivity index (χ1) is 13.6. The molecular formula is C21H22N4O2S. The van der Waals surface area contributed by atoms with Crippen molar-refractivity contribution in [2.75, 3.05) is 18.0 Å². The van der Waals surface area contributed by atoms with Gasteiger partial charge in [0.2, 0.25) is 5.91 Å². The van der Waals surface area contributed by atoms with Gasteiger partial charge >= 0.3 is 0 Å². The predicted octanol–water partition coefficient (Wildman–Crippen LogP) is 3.28. The van der Waals surface area contributed by atoms with Crippen molar-refractivity contribution in [3.05, 3.63) is 59.7 Å². The summed E-state index contributed by atoms with van der Waals surface area (Å²) in [5.74, 6) is -0.643. The molecule has 6 nitrogen and oxygen atoms in total. The van der Waals surface area contributed by atoms with Crippen LogP contribution in [0.15, 0.2) is 48.5 Å². The zero-order valence-electron chi connectivity index (χ0n) is 15.6. The Morgan fingerprint density at radius 1 is 1.11 bits per heavy atom. The maximum absolute atomic E-state index is 12.6. The van der Waals surface area contributed by atoms with Crippen LogP contribution in [0.4, 0.5) is 5.13 Å². The van der Waals surface area contributed by atoms with Gasteiger partial charge in [-0.2, -0.15) is 0 Å². The summed E-state index contributed by atoms with van der Waals surface area (Å²) in [6, 6.07) is 15.4. The second kappa shape index (κ2) is 7.98. The number of fused-ring (bicyclic) bond motifs is 1. The number of carbonyl (C=O) groups excluding carboxylic acids is 2. The van der Waals surface area contributed by atoms with Gasteiger partial charge in [0.15, 0.2) is 5.13 Å². The highest BCUT2D eigenvalue weighted by molar-refractivity contribution is 7.22. The fraction of sp³-hybridized carbons (Fsp3) is 0.286. The quantitative estimate of drug-likeness (QED) is 0.669. The van der Waals surface area contributed by atoms with Crippen LogP contribution in [-0.4, -0.2) is 29.9 Å². The molecule has 1 aliphatic heterocycles. The number of hydrazine groups is 1. The topological polar surface area (TPSA) is 74.3 Å². The molecule has 2 heterocycles. The summed E-state index contributed by atoms with van der Waals surface area (Å²) in [6.07, 6.45) is 1.72. The molecule has 2 aromatic carbocycles. The predicted molar refractivity (Wildman–Crippen MR) is 111 cm³/mol. The van der Waals surface area contributed by atoms with Crippen molar-refractivity contribution in [3.8, 4) is 0 Å². The lowest BCUT2D eigenvalue weighted by Gasteiger charge is -2.31. The Hall–Kier alpha value is -2.93. The third-order valence-electron chi connectivity index (χ3n) is 5.03. The van der Waals surface area contributed by atoms with E-state index in [1.54, 1.807) is 23.5 Å². The summed E-state index contributed by atoms with van der Waals surface area (Å²) in [7, 11) is 0. The van der Waals surface area contributed by atoms with Crippen molar-refractivity contribution in [2.45, 2.75) is 19.8 Å². The van der Waals surface area contributed by atoms with Crippen molar-refractivity contribution < 1.29 is 9.59 Å². The van der Waals surface area contributed by atoms with Gasteiger partial charge in [-0.25, -0.2) is 4.98 Å². The summed E-state index contributed by atoms with van der Waals surface area (Å²) < 4.78 is 1.15. The third-order valence-corrected chi connectivity index (χ3v) is 6.13. The summed E-state index contributed by atoms with van der Waals surface area (Å²) in [4.78, 5) is 31.8. The average molecular weight is 395 g/mol. The van der Waals surface area contributed by atoms with Crippen molar-refractivity contribution in [1.82, 2.24) is 15.8 Å². The molecule has 144 valence electrons. The van der Waals surface area contributed by atoms with Gasteiger partial charge in [-0.1, -0.05) is 41.7 Å². The molecule has 3 aromatic rings. The zero-order valence-corrected chi connectivity index (χ0v) is 16.5. The lowest BCUT2D eigenvalue weighted by molar-refractivity contribution is -0.126. The van der Waals surface area contributed by atoms with E-state index in [1.807, 2.05) is 37.3 Å². The number of aromatic nitrogens is 1. The lowest BCUT2D eigenvalue weighted by Crippen LogP contribution is -2.49. The number of nitrogens with one attached hydrogen (secondary N) is 2. The molecule has 0 radical (unpaired) electrons. The Morgan fingerprint density at radius 2 is 1.89 bits per heavy atom. The van der Waals surface area contributed by atoms with E-state index in [9.17, 15) is 9.59 Å². The van der Waals surface area contributed by atoms with E-state index in [-0.39, 0.29) is 17.7 Å². The van der Waals surface area contributed by atoms with Crippen molar-refractivity contribution in [2.24, 2.45) is 5.92 Å².